The zero-order valence-electron chi connectivity index (χ0n) is 12.2. The highest BCUT2D eigenvalue weighted by Gasteiger charge is 2.25. The molecule has 3 atom stereocenters. The summed E-state index contributed by atoms with van der Waals surface area (Å²) in [6, 6.07) is 9.95. The Morgan fingerprint density at radius 1 is 1.26 bits per heavy atom. The van der Waals surface area contributed by atoms with Crippen molar-refractivity contribution in [2.45, 2.75) is 64.5 Å². The van der Waals surface area contributed by atoms with Crippen LogP contribution in [0.2, 0.25) is 0 Å². The molecule has 0 bridgehead atoms. The van der Waals surface area contributed by atoms with Crippen LogP contribution in [0.3, 0.4) is 0 Å². The maximum Gasteiger partial charge on any atom is 0.0320 e. The Morgan fingerprint density at radius 3 is 2.74 bits per heavy atom. The Morgan fingerprint density at radius 2 is 2.05 bits per heavy atom. The molecular formula is C17H26BrN. The molecule has 1 aromatic rings. The van der Waals surface area contributed by atoms with Gasteiger partial charge in [0.2, 0.25) is 0 Å². The molecule has 3 unspecified atom stereocenters. The topological polar surface area (TPSA) is 12.0 Å². The van der Waals surface area contributed by atoms with Gasteiger partial charge >= 0.3 is 0 Å². The molecule has 0 spiro atoms. The van der Waals surface area contributed by atoms with Crippen molar-refractivity contribution in [3.05, 3.63) is 34.3 Å². The summed E-state index contributed by atoms with van der Waals surface area (Å²) in [7, 11) is 0. The first-order valence-corrected chi connectivity index (χ1v) is 8.55. The lowest BCUT2D eigenvalue weighted by Gasteiger charge is -2.35. The average molecular weight is 324 g/mol. The van der Waals surface area contributed by atoms with E-state index in [0.717, 1.165) is 12.3 Å². The minimum absolute atomic E-state index is 0.495. The van der Waals surface area contributed by atoms with Crippen molar-refractivity contribution < 1.29 is 0 Å². The van der Waals surface area contributed by atoms with Gasteiger partial charge in [0.1, 0.15) is 0 Å². The summed E-state index contributed by atoms with van der Waals surface area (Å²) in [5.41, 5.74) is 1.41. The lowest BCUT2D eigenvalue weighted by molar-refractivity contribution is 0.235. The molecule has 106 valence electrons. The minimum Gasteiger partial charge on any atom is -0.307 e. The number of hydrogen-bond acceptors (Lipinski definition) is 1. The van der Waals surface area contributed by atoms with E-state index in [2.05, 4.69) is 59.4 Å². The summed E-state index contributed by atoms with van der Waals surface area (Å²) in [6.45, 7) is 4.62. The molecule has 2 rings (SSSR count). The second kappa shape index (κ2) is 7.44. The summed E-state index contributed by atoms with van der Waals surface area (Å²) in [5.74, 6) is 0.870. The quantitative estimate of drug-likeness (QED) is 0.758. The van der Waals surface area contributed by atoms with Crippen LogP contribution in [0.5, 0.6) is 0 Å². The molecule has 0 radical (unpaired) electrons. The van der Waals surface area contributed by atoms with E-state index >= 15 is 0 Å². The monoisotopic (exact) mass is 323 g/mol. The number of nitrogens with one attached hydrogen (secondary N) is 1. The van der Waals surface area contributed by atoms with E-state index < -0.39 is 0 Å². The van der Waals surface area contributed by atoms with E-state index in [4.69, 9.17) is 0 Å². The maximum absolute atomic E-state index is 3.93. The van der Waals surface area contributed by atoms with Gasteiger partial charge in [0, 0.05) is 16.6 Å². The number of hydrogen-bond donors (Lipinski definition) is 1. The highest BCUT2D eigenvalue weighted by Crippen LogP contribution is 2.30. The Balaban J connectivity index is 2.05. The van der Waals surface area contributed by atoms with Crippen molar-refractivity contribution in [1.29, 1.82) is 0 Å². The van der Waals surface area contributed by atoms with E-state index in [1.807, 2.05) is 0 Å². The van der Waals surface area contributed by atoms with Gasteiger partial charge in [-0.2, -0.15) is 0 Å². The summed E-state index contributed by atoms with van der Waals surface area (Å²) >= 11 is 3.58. The zero-order chi connectivity index (χ0) is 13.7. The molecule has 1 nitrogen and oxygen atoms in total. The molecule has 0 saturated heterocycles. The zero-order valence-corrected chi connectivity index (χ0v) is 13.7. The van der Waals surface area contributed by atoms with Crippen molar-refractivity contribution in [2.75, 3.05) is 0 Å². The Kier molecular flexibility index (Phi) is 5.90. The van der Waals surface area contributed by atoms with Crippen LogP contribution in [0.15, 0.2) is 28.7 Å². The normalized spacial score (nSPS) is 25.2. The smallest absolute Gasteiger partial charge is 0.0320 e. The first-order valence-electron chi connectivity index (χ1n) is 7.76. The molecule has 1 fully saturated rings. The van der Waals surface area contributed by atoms with Gasteiger partial charge in [0.15, 0.2) is 0 Å². The van der Waals surface area contributed by atoms with E-state index in [9.17, 15) is 0 Å². The van der Waals surface area contributed by atoms with Crippen LogP contribution in [0, 0.1) is 5.92 Å². The number of halogens is 1. The SMILES string of the molecule is CCC(NC1CCCCC1CC)c1cccc(Br)c1. The molecule has 19 heavy (non-hydrogen) atoms. The predicted octanol–water partition coefficient (Wildman–Crippen LogP) is 5.46. The van der Waals surface area contributed by atoms with Gasteiger partial charge < -0.3 is 5.32 Å². The Labute approximate surface area is 126 Å². The van der Waals surface area contributed by atoms with Crippen LogP contribution >= 0.6 is 15.9 Å². The third-order valence-electron chi connectivity index (χ3n) is 4.51. The number of benzene rings is 1. The first kappa shape index (κ1) is 15.1. The van der Waals surface area contributed by atoms with Crippen molar-refractivity contribution in [2.24, 2.45) is 5.92 Å². The van der Waals surface area contributed by atoms with Crippen LogP contribution in [-0.2, 0) is 0 Å². The minimum atomic E-state index is 0.495. The molecule has 2 heteroatoms. The highest BCUT2D eigenvalue weighted by molar-refractivity contribution is 9.10. The fourth-order valence-electron chi connectivity index (χ4n) is 3.35. The largest absolute Gasteiger partial charge is 0.307 e. The lowest BCUT2D eigenvalue weighted by atomic mass is 9.82. The van der Waals surface area contributed by atoms with Gasteiger partial charge in [0.25, 0.3) is 0 Å². The van der Waals surface area contributed by atoms with Crippen LogP contribution in [0.4, 0.5) is 0 Å². The molecule has 1 aliphatic carbocycles. The second-order valence-electron chi connectivity index (χ2n) is 5.74. The van der Waals surface area contributed by atoms with Gasteiger partial charge in [-0.15, -0.1) is 0 Å². The molecule has 1 N–H and O–H groups in total. The molecule has 0 amide bonds. The fraction of sp³-hybridized carbons (Fsp3) is 0.647. The lowest BCUT2D eigenvalue weighted by Crippen LogP contribution is -2.40. The Bertz CT molecular complexity index is 391. The van der Waals surface area contributed by atoms with Gasteiger partial charge in [-0.1, -0.05) is 61.2 Å². The fourth-order valence-corrected chi connectivity index (χ4v) is 3.76. The van der Waals surface area contributed by atoms with Crippen LogP contribution < -0.4 is 5.32 Å². The van der Waals surface area contributed by atoms with Crippen molar-refractivity contribution in [3.8, 4) is 0 Å². The van der Waals surface area contributed by atoms with Crippen LogP contribution in [0.1, 0.15) is 64.0 Å². The van der Waals surface area contributed by atoms with Gasteiger partial charge in [-0.3, -0.25) is 0 Å². The average Bonchev–Trinajstić information content (AvgIpc) is 2.45. The van der Waals surface area contributed by atoms with Crippen LogP contribution in [0.25, 0.3) is 0 Å². The van der Waals surface area contributed by atoms with E-state index in [0.29, 0.717) is 12.1 Å². The molecule has 0 heterocycles. The molecule has 0 aromatic heterocycles. The first-order chi connectivity index (χ1) is 9.24. The molecule has 0 aliphatic heterocycles. The maximum atomic E-state index is 3.93. The van der Waals surface area contributed by atoms with Crippen LogP contribution in [-0.4, -0.2) is 6.04 Å². The second-order valence-corrected chi connectivity index (χ2v) is 6.66. The van der Waals surface area contributed by atoms with Gasteiger partial charge in [-0.05, 0) is 42.9 Å². The molecular weight excluding hydrogens is 298 g/mol. The molecule has 1 aromatic carbocycles. The van der Waals surface area contributed by atoms with E-state index in [1.54, 1.807) is 0 Å². The van der Waals surface area contributed by atoms with Crippen molar-refractivity contribution in [3.63, 3.8) is 0 Å². The third kappa shape index (κ3) is 4.06. The predicted molar refractivity (Wildman–Crippen MR) is 86.3 cm³/mol. The van der Waals surface area contributed by atoms with Crippen molar-refractivity contribution >= 4 is 15.9 Å². The van der Waals surface area contributed by atoms with E-state index in [-0.39, 0.29) is 0 Å². The molecule has 1 aliphatic rings. The molecule has 1 saturated carbocycles. The Hall–Kier alpha value is -0.340. The third-order valence-corrected chi connectivity index (χ3v) is 5.00. The van der Waals surface area contributed by atoms with Gasteiger partial charge in [0.05, 0.1) is 0 Å². The summed E-state index contributed by atoms with van der Waals surface area (Å²) in [6.07, 6.45) is 8.04. The number of rotatable bonds is 5. The summed E-state index contributed by atoms with van der Waals surface area (Å²) < 4.78 is 1.18. The summed E-state index contributed by atoms with van der Waals surface area (Å²) in [4.78, 5) is 0. The standard InChI is InChI=1S/C17H26BrN/c1-3-13-8-5-6-11-17(13)19-16(4-2)14-9-7-10-15(18)12-14/h7,9-10,12-13,16-17,19H,3-6,8,11H2,1-2H3. The van der Waals surface area contributed by atoms with E-state index in [1.165, 1.54) is 42.1 Å². The summed E-state index contributed by atoms with van der Waals surface area (Å²) in [5, 5.41) is 3.93. The highest BCUT2D eigenvalue weighted by atomic mass is 79.9. The van der Waals surface area contributed by atoms with Gasteiger partial charge in [-0.25, -0.2) is 0 Å². The van der Waals surface area contributed by atoms with Crippen molar-refractivity contribution in [1.82, 2.24) is 5.32 Å².